The molecule has 1 aliphatic carbocycles. The average Bonchev–Trinajstić information content (AvgIpc) is 2.78. The second kappa shape index (κ2) is 5.47. The monoisotopic (exact) mass is 235 g/mol. The van der Waals surface area contributed by atoms with Crippen molar-refractivity contribution in [3.8, 4) is 0 Å². The molecule has 0 spiro atoms. The maximum Gasteiger partial charge on any atom is 0.0771 e. The van der Waals surface area contributed by atoms with E-state index in [1.807, 2.05) is 12.4 Å². The number of hydrogen-bond acceptors (Lipinski definition) is 3. The Hall–Kier alpha value is -1.13. The zero-order chi connectivity index (χ0) is 12.1. The molecule has 2 rings (SSSR count). The number of aromatic nitrogens is 2. The van der Waals surface area contributed by atoms with E-state index in [2.05, 4.69) is 17.0 Å². The topological polar surface area (TPSA) is 50.1 Å². The van der Waals surface area contributed by atoms with Crippen LogP contribution in [-0.2, 0) is 6.54 Å². The summed E-state index contributed by atoms with van der Waals surface area (Å²) in [5.41, 5.74) is 0.622. The van der Waals surface area contributed by atoms with Crippen molar-refractivity contribution in [3.05, 3.63) is 24.5 Å². The molecule has 2 N–H and O–H groups in total. The fraction of sp³-hybridized carbons (Fsp3) is 0.615. The molecule has 4 heteroatoms. The lowest BCUT2D eigenvalue weighted by atomic mass is 9.85. The maximum absolute atomic E-state index is 10.3. The molecule has 1 aromatic rings. The van der Waals surface area contributed by atoms with Gasteiger partial charge in [0.2, 0.25) is 0 Å². The highest BCUT2D eigenvalue weighted by atomic mass is 16.3. The third-order valence-corrected chi connectivity index (χ3v) is 3.41. The van der Waals surface area contributed by atoms with Gasteiger partial charge in [0.15, 0.2) is 0 Å². The van der Waals surface area contributed by atoms with Crippen molar-refractivity contribution in [3.63, 3.8) is 0 Å². The van der Waals surface area contributed by atoms with Gasteiger partial charge in [0.1, 0.15) is 0 Å². The zero-order valence-electron chi connectivity index (χ0n) is 10.2. The Balaban J connectivity index is 1.76. The minimum Gasteiger partial charge on any atom is -0.389 e. The standard InChI is InChI=1S/C13H21N3O/c1-2-16-10-12(9-15-16)8-14-11-13(17)6-4-3-5-7-13/h2,9-10,14,17H,1,3-8,11H2. The Bertz CT molecular complexity index is 366. The molecule has 1 fully saturated rings. The second-order valence-electron chi connectivity index (χ2n) is 4.90. The van der Waals surface area contributed by atoms with E-state index >= 15 is 0 Å². The molecule has 0 atom stereocenters. The summed E-state index contributed by atoms with van der Waals surface area (Å²) in [6.45, 7) is 5.07. The van der Waals surface area contributed by atoms with Crippen LogP contribution in [0.15, 0.2) is 19.0 Å². The van der Waals surface area contributed by atoms with E-state index in [0.29, 0.717) is 6.54 Å². The van der Waals surface area contributed by atoms with Crippen molar-refractivity contribution in [2.75, 3.05) is 6.54 Å². The second-order valence-corrected chi connectivity index (χ2v) is 4.90. The average molecular weight is 235 g/mol. The fourth-order valence-corrected chi connectivity index (χ4v) is 2.39. The summed E-state index contributed by atoms with van der Waals surface area (Å²) in [5.74, 6) is 0. The molecule has 17 heavy (non-hydrogen) atoms. The van der Waals surface area contributed by atoms with Crippen LogP contribution in [0.4, 0.5) is 0 Å². The molecule has 1 aliphatic rings. The molecule has 4 nitrogen and oxygen atoms in total. The van der Waals surface area contributed by atoms with E-state index in [4.69, 9.17) is 0 Å². The SMILES string of the molecule is C=Cn1cc(CNCC2(O)CCCCC2)cn1. The smallest absolute Gasteiger partial charge is 0.0771 e. The number of rotatable bonds is 5. The zero-order valence-corrected chi connectivity index (χ0v) is 10.2. The molecule has 0 aliphatic heterocycles. The molecule has 0 aromatic carbocycles. The van der Waals surface area contributed by atoms with Crippen molar-refractivity contribution in [2.45, 2.75) is 44.2 Å². The van der Waals surface area contributed by atoms with Gasteiger partial charge in [0.25, 0.3) is 0 Å². The van der Waals surface area contributed by atoms with Crippen molar-refractivity contribution < 1.29 is 5.11 Å². The van der Waals surface area contributed by atoms with Gasteiger partial charge in [-0.1, -0.05) is 25.8 Å². The van der Waals surface area contributed by atoms with E-state index in [9.17, 15) is 5.11 Å². The quantitative estimate of drug-likeness (QED) is 0.817. The third kappa shape index (κ3) is 3.41. The van der Waals surface area contributed by atoms with E-state index in [-0.39, 0.29) is 0 Å². The summed E-state index contributed by atoms with van der Waals surface area (Å²) < 4.78 is 1.69. The van der Waals surface area contributed by atoms with Gasteiger partial charge in [-0.15, -0.1) is 0 Å². The number of nitrogens with zero attached hydrogens (tertiary/aromatic N) is 2. The van der Waals surface area contributed by atoms with Gasteiger partial charge in [-0.3, -0.25) is 0 Å². The largest absolute Gasteiger partial charge is 0.389 e. The number of nitrogens with one attached hydrogen (secondary N) is 1. The molecule has 1 heterocycles. The van der Waals surface area contributed by atoms with Gasteiger partial charge >= 0.3 is 0 Å². The highest BCUT2D eigenvalue weighted by Gasteiger charge is 2.28. The van der Waals surface area contributed by atoms with Crippen LogP contribution >= 0.6 is 0 Å². The number of aliphatic hydroxyl groups is 1. The highest BCUT2D eigenvalue weighted by Crippen LogP contribution is 2.27. The molecule has 0 amide bonds. The lowest BCUT2D eigenvalue weighted by Gasteiger charge is -2.32. The predicted octanol–water partition coefficient (Wildman–Crippen LogP) is 1.77. The normalized spacial score (nSPS) is 19.1. The molecular formula is C13H21N3O. The van der Waals surface area contributed by atoms with Crippen molar-refractivity contribution in [1.29, 1.82) is 0 Å². The van der Waals surface area contributed by atoms with E-state index in [1.165, 1.54) is 6.42 Å². The van der Waals surface area contributed by atoms with Gasteiger partial charge in [-0.25, -0.2) is 4.68 Å². The van der Waals surface area contributed by atoms with E-state index in [1.54, 1.807) is 10.9 Å². The van der Waals surface area contributed by atoms with Crippen LogP contribution in [0.25, 0.3) is 6.20 Å². The van der Waals surface area contributed by atoms with Crippen LogP contribution in [0.5, 0.6) is 0 Å². The molecule has 0 bridgehead atoms. The van der Waals surface area contributed by atoms with Crippen LogP contribution < -0.4 is 5.32 Å². The van der Waals surface area contributed by atoms with E-state index < -0.39 is 5.60 Å². The van der Waals surface area contributed by atoms with Crippen LogP contribution in [0, 0.1) is 0 Å². The third-order valence-electron chi connectivity index (χ3n) is 3.41. The summed E-state index contributed by atoms with van der Waals surface area (Å²) in [6.07, 6.45) is 10.8. The Morgan fingerprint density at radius 2 is 2.24 bits per heavy atom. The summed E-state index contributed by atoms with van der Waals surface area (Å²) >= 11 is 0. The Labute approximate surface area is 102 Å². The van der Waals surface area contributed by atoms with Gasteiger partial charge in [0.05, 0.1) is 11.8 Å². The van der Waals surface area contributed by atoms with Crippen LogP contribution in [0.3, 0.4) is 0 Å². The molecule has 1 aromatic heterocycles. The van der Waals surface area contributed by atoms with Crippen LogP contribution in [-0.4, -0.2) is 27.0 Å². The first-order valence-corrected chi connectivity index (χ1v) is 6.31. The maximum atomic E-state index is 10.3. The lowest BCUT2D eigenvalue weighted by molar-refractivity contribution is 0.00467. The lowest BCUT2D eigenvalue weighted by Crippen LogP contribution is -2.41. The van der Waals surface area contributed by atoms with E-state index in [0.717, 1.165) is 37.8 Å². The van der Waals surface area contributed by atoms with Crippen molar-refractivity contribution >= 4 is 6.20 Å². The highest BCUT2D eigenvalue weighted by molar-refractivity contribution is 5.17. The van der Waals surface area contributed by atoms with Crippen LogP contribution in [0.1, 0.15) is 37.7 Å². The Morgan fingerprint density at radius 3 is 2.88 bits per heavy atom. The summed E-state index contributed by atoms with van der Waals surface area (Å²) in [7, 11) is 0. The summed E-state index contributed by atoms with van der Waals surface area (Å²) in [4.78, 5) is 0. The molecule has 94 valence electrons. The van der Waals surface area contributed by atoms with Crippen molar-refractivity contribution in [1.82, 2.24) is 15.1 Å². The van der Waals surface area contributed by atoms with Crippen LogP contribution in [0.2, 0.25) is 0 Å². The fourth-order valence-electron chi connectivity index (χ4n) is 2.39. The summed E-state index contributed by atoms with van der Waals surface area (Å²) in [5, 5.41) is 17.7. The first-order valence-electron chi connectivity index (χ1n) is 6.31. The molecule has 1 saturated carbocycles. The molecule has 0 unspecified atom stereocenters. The van der Waals surface area contributed by atoms with Gasteiger partial charge in [0, 0.05) is 31.0 Å². The Kier molecular flexibility index (Phi) is 3.97. The number of hydrogen-bond donors (Lipinski definition) is 2. The van der Waals surface area contributed by atoms with Gasteiger partial charge < -0.3 is 10.4 Å². The molecule has 0 saturated heterocycles. The minimum atomic E-state index is -0.493. The first-order chi connectivity index (χ1) is 8.22. The summed E-state index contributed by atoms with van der Waals surface area (Å²) in [6, 6.07) is 0. The van der Waals surface area contributed by atoms with Gasteiger partial charge in [-0.05, 0) is 12.8 Å². The first kappa shape index (κ1) is 12.3. The predicted molar refractivity (Wildman–Crippen MR) is 68.4 cm³/mol. The molecule has 0 radical (unpaired) electrons. The minimum absolute atomic E-state index is 0.493. The van der Waals surface area contributed by atoms with Gasteiger partial charge in [-0.2, -0.15) is 5.10 Å². The Morgan fingerprint density at radius 1 is 1.47 bits per heavy atom. The van der Waals surface area contributed by atoms with Crippen molar-refractivity contribution in [2.24, 2.45) is 0 Å². The molecular weight excluding hydrogens is 214 g/mol.